The van der Waals surface area contributed by atoms with Crippen LogP contribution in [0.2, 0.25) is 0 Å². The zero-order valence-corrected chi connectivity index (χ0v) is 16.0. The van der Waals surface area contributed by atoms with Gasteiger partial charge in [0.25, 0.3) is 0 Å². The predicted octanol–water partition coefficient (Wildman–Crippen LogP) is 7.31. The quantitative estimate of drug-likeness (QED) is 0.416. The van der Waals surface area contributed by atoms with Crippen molar-refractivity contribution in [1.82, 2.24) is 0 Å². The fourth-order valence-electron chi connectivity index (χ4n) is 3.28. The van der Waals surface area contributed by atoms with Gasteiger partial charge in [-0.05, 0) is 30.5 Å². The van der Waals surface area contributed by atoms with E-state index in [-0.39, 0.29) is 11.5 Å². The lowest BCUT2D eigenvalue weighted by Crippen LogP contribution is -1.85. The van der Waals surface area contributed by atoms with Gasteiger partial charge in [0.15, 0.2) is 0 Å². The second kappa shape index (κ2) is 11.4. The molecule has 2 nitrogen and oxygen atoms in total. The smallest absolute Gasteiger partial charge is 0.124 e. The molecule has 140 valence electrons. The van der Waals surface area contributed by atoms with Crippen molar-refractivity contribution in [3.63, 3.8) is 0 Å². The lowest BCUT2D eigenvalue weighted by Gasteiger charge is -2.10. The molecule has 0 saturated heterocycles. The topological polar surface area (TPSA) is 40.5 Å². The van der Waals surface area contributed by atoms with Crippen LogP contribution in [0.4, 0.5) is 0 Å². The van der Waals surface area contributed by atoms with Crippen LogP contribution in [0.3, 0.4) is 0 Å². The Bertz CT molecular complexity index is 688. The zero-order chi connectivity index (χ0) is 18.6. The van der Waals surface area contributed by atoms with Gasteiger partial charge in [-0.3, -0.25) is 0 Å². The van der Waals surface area contributed by atoms with Gasteiger partial charge in [-0.15, -0.1) is 0 Å². The largest absolute Gasteiger partial charge is 0.507 e. The van der Waals surface area contributed by atoms with Crippen LogP contribution in [0, 0.1) is 0 Å². The Morgan fingerprint density at radius 3 is 2.12 bits per heavy atom. The van der Waals surface area contributed by atoms with Gasteiger partial charge in [-0.1, -0.05) is 94.4 Å². The molecule has 0 fully saturated rings. The molecule has 26 heavy (non-hydrogen) atoms. The maximum atomic E-state index is 10.3. The van der Waals surface area contributed by atoms with Crippen LogP contribution >= 0.6 is 0 Å². The number of rotatable bonds is 11. The van der Waals surface area contributed by atoms with Gasteiger partial charge in [0.2, 0.25) is 0 Å². The first-order valence-corrected chi connectivity index (χ1v) is 10.0. The third-order valence-corrected chi connectivity index (χ3v) is 4.77. The third-order valence-electron chi connectivity index (χ3n) is 4.77. The van der Waals surface area contributed by atoms with Gasteiger partial charge < -0.3 is 10.2 Å². The van der Waals surface area contributed by atoms with Crippen LogP contribution in [0.5, 0.6) is 11.5 Å². The summed E-state index contributed by atoms with van der Waals surface area (Å²) in [5, 5.41) is 20.4. The highest BCUT2D eigenvalue weighted by atomic mass is 16.3. The SMILES string of the molecule is CCCCCCCCCCC=Cc1cccc(O)c1-c1ccccc1O. The molecule has 0 bridgehead atoms. The summed E-state index contributed by atoms with van der Waals surface area (Å²) in [6, 6.07) is 12.6. The van der Waals surface area contributed by atoms with E-state index in [1.807, 2.05) is 24.3 Å². The summed E-state index contributed by atoms with van der Waals surface area (Å²) >= 11 is 0. The van der Waals surface area contributed by atoms with Crippen LogP contribution in [-0.4, -0.2) is 10.2 Å². The molecule has 0 atom stereocenters. The van der Waals surface area contributed by atoms with Gasteiger partial charge in [0, 0.05) is 11.1 Å². The Kier molecular flexibility index (Phi) is 8.82. The molecule has 2 aromatic carbocycles. The molecular weight excluding hydrogens is 320 g/mol. The fraction of sp³-hybridized carbons (Fsp3) is 0.417. The molecule has 0 amide bonds. The van der Waals surface area contributed by atoms with Crippen molar-refractivity contribution < 1.29 is 10.2 Å². The van der Waals surface area contributed by atoms with Crippen molar-refractivity contribution in [3.05, 3.63) is 54.1 Å². The Labute approximate surface area is 158 Å². The van der Waals surface area contributed by atoms with Crippen LogP contribution < -0.4 is 0 Å². The van der Waals surface area contributed by atoms with E-state index in [1.165, 1.54) is 51.4 Å². The zero-order valence-electron chi connectivity index (χ0n) is 16.0. The van der Waals surface area contributed by atoms with Gasteiger partial charge in [-0.2, -0.15) is 0 Å². The average molecular weight is 353 g/mol. The van der Waals surface area contributed by atoms with Crippen molar-refractivity contribution in [1.29, 1.82) is 0 Å². The minimum absolute atomic E-state index is 0.187. The number of phenols is 2. The Balaban J connectivity index is 1.87. The van der Waals surface area contributed by atoms with Gasteiger partial charge >= 0.3 is 0 Å². The van der Waals surface area contributed by atoms with E-state index in [4.69, 9.17) is 0 Å². The molecule has 0 radical (unpaired) electrons. The standard InChI is InChI=1S/C24H32O2/c1-2-3-4-5-6-7-8-9-10-11-15-20-16-14-19-23(26)24(20)21-17-12-13-18-22(21)25/h11-19,25-26H,2-10H2,1H3. The molecule has 0 spiro atoms. The van der Waals surface area contributed by atoms with Crippen LogP contribution in [-0.2, 0) is 0 Å². The maximum absolute atomic E-state index is 10.3. The predicted molar refractivity (Wildman–Crippen MR) is 111 cm³/mol. The van der Waals surface area contributed by atoms with Crippen LogP contribution in [0.15, 0.2) is 48.5 Å². The number of phenolic OH excluding ortho intramolecular Hbond substituents is 2. The molecule has 2 rings (SSSR count). The number of hydrogen-bond acceptors (Lipinski definition) is 2. The first-order chi connectivity index (χ1) is 12.7. The number of benzene rings is 2. The van der Waals surface area contributed by atoms with E-state index in [1.54, 1.807) is 18.2 Å². The lowest BCUT2D eigenvalue weighted by atomic mass is 9.97. The van der Waals surface area contributed by atoms with Crippen molar-refractivity contribution in [3.8, 4) is 22.6 Å². The molecule has 0 aliphatic heterocycles. The van der Waals surface area contributed by atoms with Crippen LogP contribution in [0.1, 0.15) is 70.3 Å². The first-order valence-electron chi connectivity index (χ1n) is 10.0. The summed E-state index contributed by atoms with van der Waals surface area (Å²) in [7, 11) is 0. The van der Waals surface area contributed by atoms with Gasteiger partial charge in [0.1, 0.15) is 11.5 Å². The normalized spacial score (nSPS) is 11.3. The summed E-state index contributed by atoms with van der Waals surface area (Å²) in [5.74, 6) is 0.382. The van der Waals surface area contributed by atoms with E-state index in [0.29, 0.717) is 11.1 Å². The molecule has 0 saturated carbocycles. The fourth-order valence-corrected chi connectivity index (χ4v) is 3.28. The Hall–Kier alpha value is -2.22. The molecule has 2 heteroatoms. The van der Waals surface area contributed by atoms with Crippen molar-refractivity contribution in [2.75, 3.05) is 0 Å². The van der Waals surface area contributed by atoms with Crippen molar-refractivity contribution >= 4 is 6.08 Å². The highest BCUT2D eigenvalue weighted by molar-refractivity contribution is 5.83. The van der Waals surface area contributed by atoms with E-state index < -0.39 is 0 Å². The molecule has 0 aromatic heterocycles. The highest BCUT2D eigenvalue weighted by Crippen LogP contribution is 2.38. The summed E-state index contributed by atoms with van der Waals surface area (Å²) < 4.78 is 0. The van der Waals surface area contributed by atoms with Crippen molar-refractivity contribution in [2.45, 2.75) is 64.7 Å². The monoisotopic (exact) mass is 352 g/mol. The average Bonchev–Trinajstić information content (AvgIpc) is 2.64. The van der Waals surface area contributed by atoms with E-state index in [0.717, 1.165) is 12.0 Å². The molecular formula is C24H32O2. The number of para-hydroxylation sites is 1. The Morgan fingerprint density at radius 1 is 0.731 bits per heavy atom. The minimum atomic E-state index is 0.187. The van der Waals surface area contributed by atoms with Gasteiger partial charge in [0.05, 0.1) is 0 Å². The van der Waals surface area contributed by atoms with E-state index in [9.17, 15) is 10.2 Å². The summed E-state index contributed by atoms with van der Waals surface area (Å²) in [4.78, 5) is 0. The molecule has 0 unspecified atom stereocenters. The number of unbranched alkanes of at least 4 members (excludes halogenated alkanes) is 8. The summed E-state index contributed by atoms with van der Waals surface area (Å²) in [6.45, 7) is 2.25. The number of aromatic hydroxyl groups is 2. The summed E-state index contributed by atoms with van der Waals surface area (Å²) in [5.41, 5.74) is 2.29. The number of allylic oxidation sites excluding steroid dienone is 1. The molecule has 0 aliphatic rings. The molecule has 2 aromatic rings. The number of hydrogen-bond donors (Lipinski definition) is 2. The maximum Gasteiger partial charge on any atom is 0.124 e. The second-order valence-electron chi connectivity index (χ2n) is 6.92. The highest BCUT2D eigenvalue weighted by Gasteiger charge is 2.11. The third kappa shape index (κ3) is 6.25. The van der Waals surface area contributed by atoms with Crippen LogP contribution in [0.25, 0.3) is 17.2 Å². The second-order valence-corrected chi connectivity index (χ2v) is 6.92. The summed E-state index contributed by atoms with van der Waals surface area (Å²) in [6.07, 6.45) is 15.9. The van der Waals surface area contributed by atoms with E-state index in [2.05, 4.69) is 19.1 Å². The molecule has 2 N–H and O–H groups in total. The minimum Gasteiger partial charge on any atom is -0.507 e. The molecule has 0 heterocycles. The van der Waals surface area contributed by atoms with Crippen molar-refractivity contribution in [2.24, 2.45) is 0 Å². The molecule has 0 aliphatic carbocycles. The van der Waals surface area contributed by atoms with Gasteiger partial charge in [-0.25, -0.2) is 0 Å². The Morgan fingerprint density at radius 2 is 1.38 bits per heavy atom. The van der Waals surface area contributed by atoms with E-state index >= 15 is 0 Å². The first kappa shape index (κ1) is 20.1. The lowest BCUT2D eigenvalue weighted by molar-refractivity contribution is 0.469.